The molecule has 0 amide bonds. The van der Waals surface area contributed by atoms with Gasteiger partial charge in [0.2, 0.25) is 0 Å². The fraction of sp³-hybridized carbons (Fsp3) is 0. The van der Waals surface area contributed by atoms with Crippen molar-refractivity contribution in [2.45, 2.75) is 0 Å². The molecule has 234 valence electrons. The summed E-state index contributed by atoms with van der Waals surface area (Å²) in [4.78, 5) is 10.5. The van der Waals surface area contributed by atoms with Gasteiger partial charge in [0.05, 0.1) is 11.2 Å². The van der Waals surface area contributed by atoms with Crippen LogP contribution in [0.4, 0.5) is 0 Å². The number of rotatable bonds is 6. The van der Waals surface area contributed by atoms with Crippen molar-refractivity contribution in [2.24, 2.45) is 0 Å². The first kappa shape index (κ1) is 29.5. The third kappa shape index (κ3) is 5.63. The summed E-state index contributed by atoms with van der Waals surface area (Å²) in [5, 5.41) is 3.38. The van der Waals surface area contributed by atoms with Crippen LogP contribution in [0, 0.1) is 0 Å². The second-order valence-corrected chi connectivity index (χ2v) is 12.6. The highest BCUT2D eigenvalue weighted by molar-refractivity contribution is 6.12. The maximum atomic E-state index is 5.35. The van der Waals surface area contributed by atoms with Crippen LogP contribution in [-0.4, -0.2) is 9.97 Å². The van der Waals surface area contributed by atoms with E-state index in [9.17, 15) is 0 Å². The average molecular weight is 637 g/mol. The Morgan fingerprint density at radius 1 is 0.280 bits per heavy atom. The summed E-state index contributed by atoms with van der Waals surface area (Å²) in [6, 6.07) is 68.7. The van der Waals surface area contributed by atoms with Gasteiger partial charge in [0.25, 0.3) is 0 Å². The molecule has 0 saturated carbocycles. The number of benzene rings is 8. The van der Waals surface area contributed by atoms with Crippen LogP contribution in [0.25, 0.3) is 88.8 Å². The monoisotopic (exact) mass is 636 g/mol. The zero-order valence-electron chi connectivity index (χ0n) is 27.4. The van der Waals surface area contributed by atoms with Crippen LogP contribution >= 0.6 is 0 Å². The Balaban J connectivity index is 1.17. The van der Waals surface area contributed by atoms with Crippen LogP contribution in [0.5, 0.6) is 0 Å². The van der Waals surface area contributed by atoms with E-state index in [4.69, 9.17) is 9.97 Å². The molecule has 0 spiro atoms. The fourth-order valence-corrected chi connectivity index (χ4v) is 6.94. The molecule has 8 aromatic carbocycles. The second kappa shape index (κ2) is 12.8. The zero-order chi connectivity index (χ0) is 33.3. The van der Waals surface area contributed by atoms with E-state index in [1.54, 1.807) is 0 Å². The van der Waals surface area contributed by atoms with Gasteiger partial charge in [-0.15, -0.1) is 0 Å². The molecule has 0 saturated heterocycles. The van der Waals surface area contributed by atoms with E-state index in [1.165, 1.54) is 33.2 Å². The highest BCUT2D eigenvalue weighted by Gasteiger charge is 2.16. The predicted molar refractivity (Wildman–Crippen MR) is 210 cm³/mol. The fourth-order valence-electron chi connectivity index (χ4n) is 6.94. The van der Waals surface area contributed by atoms with Gasteiger partial charge in [-0.25, -0.2) is 9.97 Å². The van der Waals surface area contributed by atoms with Gasteiger partial charge < -0.3 is 0 Å². The Kier molecular flexibility index (Phi) is 7.53. The van der Waals surface area contributed by atoms with Crippen molar-refractivity contribution in [3.8, 4) is 67.2 Å². The number of nitrogens with zero attached hydrogens (tertiary/aromatic N) is 2. The van der Waals surface area contributed by atoms with Crippen LogP contribution in [0.1, 0.15) is 0 Å². The molecule has 9 rings (SSSR count). The minimum atomic E-state index is 0.714. The average Bonchev–Trinajstić information content (AvgIpc) is 3.21. The van der Waals surface area contributed by atoms with Crippen molar-refractivity contribution in [3.05, 3.63) is 194 Å². The minimum absolute atomic E-state index is 0.714. The van der Waals surface area contributed by atoms with Crippen LogP contribution in [0.15, 0.2) is 194 Å². The standard InChI is InChI=1S/C48H32N2/c1-3-13-33(14-4-1)36-18-9-20-38(29-36)39-21-10-22-40(30-39)41-23-11-24-42(31-41)47-46-44-26-8-7-17-35(44)27-28-45(46)49-48(50-47)43-25-12-19-37(32-43)34-15-5-2-6-16-34/h1-32H. The molecular weight excluding hydrogens is 605 g/mol. The van der Waals surface area contributed by atoms with E-state index < -0.39 is 0 Å². The molecule has 0 unspecified atom stereocenters. The number of aromatic nitrogens is 2. The van der Waals surface area contributed by atoms with Crippen LogP contribution in [0.3, 0.4) is 0 Å². The summed E-state index contributed by atoms with van der Waals surface area (Å²) >= 11 is 0. The Bertz CT molecular complexity index is 2640. The zero-order valence-corrected chi connectivity index (χ0v) is 27.4. The number of hydrogen-bond donors (Lipinski definition) is 0. The molecule has 1 heterocycles. The molecule has 0 fully saturated rings. The van der Waals surface area contributed by atoms with Crippen molar-refractivity contribution in [2.75, 3.05) is 0 Å². The number of hydrogen-bond acceptors (Lipinski definition) is 2. The van der Waals surface area contributed by atoms with E-state index in [1.807, 2.05) is 6.07 Å². The Hall–Kier alpha value is -6.64. The first-order valence-electron chi connectivity index (χ1n) is 17.0. The first-order valence-corrected chi connectivity index (χ1v) is 17.0. The highest BCUT2D eigenvalue weighted by atomic mass is 14.9. The minimum Gasteiger partial charge on any atom is -0.228 e. The molecule has 1 aromatic heterocycles. The van der Waals surface area contributed by atoms with Crippen molar-refractivity contribution in [1.82, 2.24) is 9.97 Å². The predicted octanol–water partition coefficient (Wildman–Crippen LogP) is 12.8. The molecule has 0 radical (unpaired) electrons. The molecule has 2 heteroatoms. The molecule has 0 N–H and O–H groups in total. The second-order valence-electron chi connectivity index (χ2n) is 12.6. The van der Waals surface area contributed by atoms with Gasteiger partial charge in [-0.2, -0.15) is 0 Å². The quantitative estimate of drug-likeness (QED) is 0.170. The Morgan fingerprint density at radius 2 is 0.700 bits per heavy atom. The number of fused-ring (bicyclic) bond motifs is 3. The van der Waals surface area contributed by atoms with Gasteiger partial charge in [0.1, 0.15) is 0 Å². The molecular formula is C48H32N2. The molecule has 50 heavy (non-hydrogen) atoms. The molecule has 0 atom stereocenters. The van der Waals surface area contributed by atoms with Crippen LogP contribution < -0.4 is 0 Å². The van der Waals surface area contributed by atoms with Crippen LogP contribution in [-0.2, 0) is 0 Å². The first-order chi connectivity index (χ1) is 24.8. The lowest BCUT2D eigenvalue weighted by atomic mass is 9.94. The third-order valence-electron chi connectivity index (χ3n) is 9.45. The van der Waals surface area contributed by atoms with E-state index in [-0.39, 0.29) is 0 Å². The molecule has 9 aromatic rings. The lowest BCUT2D eigenvalue weighted by Crippen LogP contribution is -1.96. The lowest BCUT2D eigenvalue weighted by molar-refractivity contribution is 1.23. The van der Waals surface area contributed by atoms with Gasteiger partial charge in [-0.1, -0.05) is 164 Å². The summed E-state index contributed by atoms with van der Waals surface area (Å²) < 4.78 is 0. The molecule has 0 aliphatic rings. The van der Waals surface area contributed by atoms with Gasteiger partial charge >= 0.3 is 0 Å². The molecule has 0 aliphatic carbocycles. The van der Waals surface area contributed by atoms with Gasteiger partial charge in [0, 0.05) is 16.5 Å². The summed E-state index contributed by atoms with van der Waals surface area (Å²) in [5.41, 5.74) is 13.3. The van der Waals surface area contributed by atoms with E-state index in [0.29, 0.717) is 5.82 Å². The Morgan fingerprint density at radius 3 is 1.28 bits per heavy atom. The molecule has 0 bridgehead atoms. The largest absolute Gasteiger partial charge is 0.228 e. The van der Waals surface area contributed by atoms with E-state index >= 15 is 0 Å². The third-order valence-corrected chi connectivity index (χ3v) is 9.45. The van der Waals surface area contributed by atoms with Gasteiger partial charge in [-0.3, -0.25) is 0 Å². The normalized spacial score (nSPS) is 11.2. The Labute approximate surface area is 292 Å². The van der Waals surface area contributed by atoms with Gasteiger partial charge in [-0.05, 0) is 85.6 Å². The maximum absolute atomic E-state index is 5.35. The summed E-state index contributed by atoms with van der Waals surface area (Å²) in [6.45, 7) is 0. The van der Waals surface area contributed by atoms with E-state index in [0.717, 1.165) is 49.8 Å². The lowest BCUT2D eigenvalue weighted by Gasteiger charge is -2.14. The topological polar surface area (TPSA) is 25.8 Å². The van der Waals surface area contributed by atoms with Crippen molar-refractivity contribution in [1.29, 1.82) is 0 Å². The molecule has 2 nitrogen and oxygen atoms in total. The smallest absolute Gasteiger partial charge is 0.160 e. The molecule has 0 aliphatic heterocycles. The van der Waals surface area contributed by atoms with Crippen molar-refractivity contribution >= 4 is 21.7 Å². The van der Waals surface area contributed by atoms with E-state index in [2.05, 4.69) is 188 Å². The van der Waals surface area contributed by atoms with Crippen LogP contribution in [0.2, 0.25) is 0 Å². The van der Waals surface area contributed by atoms with Crippen molar-refractivity contribution in [3.63, 3.8) is 0 Å². The highest BCUT2D eigenvalue weighted by Crippen LogP contribution is 2.37. The summed E-state index contributed by atoms with van der Waals surface area (Å²) in [7, 11) is 0. The van der Waals surface area contributed by atoms with Crippen molar-refractivity contribution < 1.29 is 0 Å². The maximum Gasteiger partial charge on any atom is 0.160 e. The summed E-state index contributed by atoms with van der Waals surface area (Å²) in [6.07, 6.45) is 0. The van der Waals surface area contributed by atoms with Gasteiger partial charge in [0.15, 0.2) is 5.82 Å². The SMILES string of the molecule is c1ccc(-c2cccc(-c3cccc(-c4cccc(-c5nc(-c6cccc(-c7ccccc7)c6)nc6ccc7ccccc7c56)c4)c3)c2)cc1. The summed E-state index contributed by atoms with van der Waals surface area (Å²) in [5.74, 6) is 0.714.